The molecule has 1 N–H and O–H groups in total. The minimum atomic E-state index is -0.211. The lowest BCUT2D eigenvalue weighted by Gasteiger charge is -2.29. The Morgan fingerprint density at radius 2 is 1.71 bits per heavy atom. The predicted molar refractivity (Wildman–Crippen MR) is 137 cm³/mol. The minimum Gasteiger partial charge on any atom is -0.447 e. The lowest BCUT2D eigenvalue weighted by atomic mass is 9.86. The average molecular weight is 463 g/mol. The van der Waals surface area contributed by atoms with Gasteiger partial charge < -0.3 is 14.6 Å². The van der Waals surface area contributed by atoms with Gasteiger partial charge >= 0.3 is 0 Å². The molecule has 6 heteroatoms. The molecule has 0 saturated carbocycles. The normalized spacial score (nSPS) is 12.8. The summed E-state index contributed by atoms with van der Waals surface area (Å²) < 4.78 is 5.71. The maximum atomic E-state index is 12.4. The highest BCUT2D eigenvalue weighted by Crippen LogP contribution is 2.26. The molecule has 1 aromatic heterocycles. The Labute approximate surface area is 204 Å². The second kappa shape index (κ2) is 11.4. The highest BCUT2D eigenvalue weighted by molar-refractivity contribution is 5.91. The standard InChI is InChI=1S/C28H38N4O2/c1-21(23-10-8-7-9-11-23)32(18-22-12-14-24(15-13-22)28(2,3)4)19-26-30-25(20-34-26)27(33)29-16-17-31(5)6/h7-15,20-21H,16-19H2,1-6H3,(H,29,33)/t21-/m1/s1. The van der Waals surface area contributed by atoms with Crippen LogP contribution in [0.1, 0.15) is 66.8 Å². The Kier molecular flexibility index (Phi) is 8.64. The first-order valence-corrected chi connectivity index (χ1v) is 11.9. The number of amides is 1. The van der Waals surface area contributed by atoms with Crippen molar-refractivity contribution in [2.75, 3.05) is 27.2 Å². The van der Waals surface area contributed by atoms with Crippen molar-refractivity contribution in [3.8, 4) is 0 Å². The van der Waals surface area contributed by atoms with Gasteiger partial charge in [-0.25, -0.2) is 4.98 Å². The highest BCUT2D eigenvalue weighted by atomic mass is 16.3. The van der Waals surface area contributed by atoms with Gasteiger partial charge in [0.15, 0.2) is 5.69 Å². The van der Waals surface area contributed by atoms with Crippen LogP contribution in [0.5, 0.6) is 0 Å². The first-order chi connectivity index (χ1) is 16.1. The number of hydrogen-bond donors (Lipinski definition) is 1. The van der Waals surface area contributed by atoms with Crippen LogP contribution in [0.2, 0.25) is 0 Å². The van der Waals surface area contributed by atoms with Gasteiger partial charge in [0.05, 0.1) is 6.54 Å². The highest BCUT2D eigenvalue weighted by Gasteiger charge is 2.21. The van der Waals surface area contributed by atoms with Crippen molar-refractivity contribution < 1.29 is 9.21 Å². The Bertz CT molecular complexity index is 1040. The first kappa shape index (κ1) is 25.7. The molecule has 1 heterocycles. The molecule has 1 atom stereocenters. The maximum Gasteiger partial charge on any atom is 0.273 e. The van der Waals surface area contributed by atoms with Crippen LogP contribution >= 0.6 is 0 Å². The Morgan fingerprint density at radius 3 is 2.32 bits per heavy atom. The predicted octanol–water partition coefficient (Wildman–Crippen LogP) is 5.03. The third kappa shape index (κ3) is 7.27. The molecule has 3 aromatic rings. The van der Waals surface area contributed by atoms with Crippen LogP contribution in [-0.2, 0) is 18.5 Å². The lowest BCUT2D eigenvalue weighted by molar-refractivity contribution is 0.0946. The molecule has 0 aliphatic carbocycles. The number of rotatable bonds is 10. The first-order valence-electron chi connectivity index (χ1n) is 11.9. The number of carbonyl (C=O) groups is 1. The van der Waals surface area contributed by atoms with Crippen molar-refractivity contribution in [1.29, 1.82) is 0 Å². The van der Waals surface area contributed by atoms with Gasteiger partial charge in [-0.1, -0.05) is 75.4 Å². The summed E-state index contributed by atoms with van der Waals surface area (Å²) >= 11 is 0. The molecule has 0 aliphatic rings. The lowest BCUT2D eigenvalue weighted by Crippen LogP contribution is -2.31. The van der Waals surface area contributed by atoms with E-state index in [2.05, 4.69) is 91.4 Å². The molecule has 182 valence electrons. The second-order valence-electron chi connectivity index (χ2n) is 10.1. The van der Waals surface area contributed by atoms with Crippen LogP contribution in [0.3, 0.4) is 0 Å². The monoisotopic (exact) mass is 462 g/mol. The summed E-state index contributed by atoms with van der Waals surface area (Å²) in [6, 6.07) is 19.4. The van der Waals surface area contributed by atoms with Crippen LogP contribution in [-0.4, -0.2) is 47.9 Å². The fourth-order valence-corrected chi connectivity index (χ4v) is 3.76. The zero-order valence-electron chi connectivity index (χ0n) is 21.3. The molecular weight excluding hydrogens is 424 g/mol. The summed E-state index contributed by atoms with van der Waals surface area (Å²) in [4.78, 5) is 21.2. The second-order valence-corrected chi connectivity index (χ2v) is 10.1. The SMILES string of the molecule is C[C@H](c1ccccc1)N(Cc1ccc(C(C)(C)C)cc1)Cc1nc(C(=O)NCCN(C)C)co1. The molecule has 34 heavy (non-hydrogen) atoms. The van der Waals surface area contributed by atoms with Crippen LogP contribution in [0.15, 0.2) is 65.3 Å². The molecule has 0 bridgehead atoms. The van der Waals surface area contributed by atoms with E-state index in [9.17, 15) is 4.79 Å². The minimum absolute atomic E-state index is 0.122. The van der Waals surface area contributed by atoms with Crippen molar-refractivity contribution in [1.82, 2.24) is 20.1 Å². The zero-order chi connectivity index (χ0) is 24.7. The van der Waals surface area contributed by atoms with E-state index >= 15 is 0 Å². The fourth-order valence-electron chi connectivity index (χ4n) is 3.76. The maximum absolute atomic E-state index is 12.4. The van der Waals surface area contributed by atoms with Gasteiger partial charge in [-0.05, 0) is 43.1 Å². The van der Waals surface area contributed by atoms with Gasteiger partial charge in [0.2, 0.25) is 5.89 Å². The topological polar surface area (TPSA) is 61.6 Å². The van der Waals surface area contributed by atoms with Crippen LogP contribution < -0.4 is 5.32 Å². The van der Waals surface area contributed by atoms with Gasteiger partial charge in [0.1, 0.15) is 6.26 Å². The Hall–Kier alpha value is -2.96. The number of oxazole rings is 1. The van der Waals surface area contributed by atoms with Crippen molar-refractivity contribution in [2.45, 2.75) is 52.2 Å². The molecule has 3 rings (SSSR count). The average Bonchev–Trinajstić information content (AvgIpc) is 3.27. The molecule has 0 unspecified atom stereocenters. The smallest absolute Gasteiger partial charge is 0.273 e. The molecule has 0 aliphatic heterocycles. The van der Waals surface area contributed by atoms with Gasteiger partial charge in [-0.2, -0.15) is 0 Å². The van der Waals surface area contributed by atoms with Gasteiger partial charge in [0, 0.05) is 25.7 Å². The third-order valence-corrected chi connectivity index (χ3v) is 6.00. The Balaban J connectivity index is 1.75. The number of nitrogens with zero attached hydrogens (tertiary/aromatic N) is 3. The molecular formula is C28H38N4O2. The van der Waals surface area contributed by atoms with Crippen LogP contribution in [0.4, 0.5) is 0 Å². The summed E-state index contributed by atoms with van der Waals surface area (Å²) in [6.07, 6.45) is 1.45. The van der Waals surface area contributed by atoms with Gasteiger partial charge in [-0.15, -0.1) is 0 Å². The third-order valence-electron chi connectivity index (χ3n) is 6.00. The number of nitrogens with one attached hydrogen (secondary N) is 1. The number of hydrogen-bond acceptors (Lipinski definition) is 5. The zero-order valence-corrected chi connectivity index (χ0v) is 21.3. The molecule has 2 aromatic carbocycles. The quantitative estimate of drug-likeness (QED) is 0.458. The van der Waals surface area contributed by atoms with E-state index in [1.807, 2.05) is 25.1 Å². The largest absolute Gasteiger partial charge is 0.447 e. The van der Waals surface area contributed by atoms with Crippen molar-refractivity contribution in [3.05, 3.63) is 89.1 Å². The number of benzene rings is 2. The number of carbonyl (C=O) groups excluding carboxylic acids is 1. The Morgan fingerprint density at radius 1 is 1.03 bits per heavy atom. The molecule has 6 nitrogen and oxygen atoms in total. The van der Waals surface area contributed by atoms with E-state index in [-0.39, 0.29) is 17.4 Å². The van der Waals surface area contributed by atoms with E-state index in [4.69, 9.17) is 4.42 Å². The van der Waals surface area contributed by atoms with E-state index in [0.29, 0.717) is 24.7 Å². The van der Waals surface area contributed by atoms with E-state index in [0.717, 1.165) is 13.1 Å². The summed E-state index contributed by atoms with van der Waals surface area (Å²) in [5.41, 5.74) is 4.20. The van der Waals surface area contributed by atoms with Gasteiger partial charge in [0.25, 0.3) is 5.91 Å². The van der Waals surface area contributed by atoms with Crippen LogP contribution in [0, 0.1) is 0 Å². The van der Waals surface area contributed by atoms with Crippen molar-refractivity contribution in [2.24, 2.45) is 0 Å². The summed E-state index contributed by atoms with van der Waals surface area (Å²) in [7, 11) is 3.94. The summed E-state index contributed by atoms with van der Waals surface area (Å²) in [6.45, 7) is 11.4. The molecule has 0 spiro atoms. The molecule has 0 radical (unpaired) electrons. The van der Waals surface area contributed by atoms with Crippen molar-refractivity contribution >= 4 is 5.91 Å². The number of likely N-dealkylation sites (N-methyl/N-ethyl adjacent to an activating group) is 1. The molecule has 0 fully saturated rings. The molecule has 0 saturated heterocycles. The number of aromatic nitrogens is 1. The van der Waals surface area contributed by atoms with Gasteiger partial charge in [-0.3, -0.25) is 9.69 Å². The summed E-state index contributed by atoms with van der Waals surface area (Å²) in [5.74, 6) is 0.323. The summed E-state index contributed by atoms with van der Waals surface area (Å²) in [5, 5.41) is 2.89. The van der Waals surface area contributed by atoms with E-state index < -0.39 is 0 Å². The van der Waals surface area contributed by atoms with Crippen LogP contribution in [0.25, 0.3) is 0 Å². The van der Waals surface area contributed by atoms with E-state index in [1.54, 1.807) is 0 Å². The van der Waals surface area contributed by atoms with E-state index in [1.165, 1.54) is 23.0 Å². The fraction of sp³-hybridized carbons (Fsp3) is 0.429. The molecule has 1 amide bonds. The van der Waals surface area contributed by atoms with Crippen molar-refractivity contribution in [3.63, 3.8) is 0 Å².